The molecule has 3 aliphatic heterocycles. The number of benzene rings is 1. The molecule has 2 amide bonds. The van der Waals surface area contributed by atoms with Crippen LogP contribution >= 0.6 is 0 Å². The van der Waals surface area contributed by atoms with Gasteiger partial charge in [-0.1, -0.05) is 6.07 Å². The van der Waals surface area contributed by atoms with Crippen LogP contribution in [0.15, 0.2) is 30.5 Å². The Morgan fingerprint density at radius 1 is 1.03 bits per heavy atom. The Kier molecular flexibility index (Phi) is 5.02. The van der Waals surface area contributed by atoms with Crippen LogP contribution in [0, 0.1) is 0 Å². The van der Waals surface area contributed by atoms with Crippen LogP contribution in [0.2, 0.25) is 0 Å². The lowest BCUT2D eigenvalue weighted by Gasteiger charge is -2.26. The molecule has 0 radical (unpaired) electrons. The zero-order chi connectivity index (χ0) is 20.5. The molecule has 0 unspecified atom stereocenters. The molecular weight excluding hydrogens is 384 g/mol. The van der Waals surface area contributed by atoms with Crippen molar-refractivity contribution >= 4 is 29.3 Å². The molecule has 0 aliphatic carbocycles. The van der Waals surface area contributed by atoms with Gasteiger partial charge in [0.15, 0.2) is 0 Å². The summed E-state index contributed by atoms with van der Waals surface area (Å²) < 4.78 is 10.4. The van der Waals surface area contributed by atoms with Crippen molar-refractivity contribution in [1.82, 2.24) is 14.8 Å². The van der Waals surface area contributed by atoms with Gasteiger partial charge in [0.25, 0.3) is 5.91 Å². The molecule has 2 fully saturated rings. The maximum absolute atomic E-state index is 12.7. The molecule has 2 saturated heterocycles. The number of rotatable bonds is 5. The normalized spacial score (nSPS) is 20.5. The third-order valence-corrected chi connectivity index (χ3v) is 5.74. The lowest BCUT2D eigenvalue weighted by atomic mass is 10.0. The van der Waals surface area contributed by atoms with Gasteiger partial charge < -0.3 is 24.7 Å². The molecule has 0 saturated carbocycles. The van der Waals surface area contributed by atoms with Crippen molar-refractivity contribution in [2.24, 2.45) is 0 Å². The Labute approximate surface area is 174 Å². The van der Waals surface area contributed by atoms with Crippen molar-refractivity contribution in [3.8, 4) is 0 Å². The fourth-order valence-electron chi connectivity index (χ4n) is 4.10. The largest absolute Gasteiger partial charge is 0.448 e. The molecule has 0 spiro atoms. The van der Waals surface area contributed by atoms with Crippen molar-refractivity contribution in [3.63, 3.8) is 0 Å². The first-order chi connectivity index (χ1) is 14.7. The van der Waals surface area contributed by atoms with Gasteiger partial charge in [0.05, 0.1) is 25.3 Å². The second-order valence-electron chi connectivity index (χ2n) is 7.73. The summed E-state index contributed by atoms with van der Waals surface area (Å²) in [5, 5.41) is 2.94. The zero-order valence-electron chi connectivity index (χ0n) is 16.6. The molecule has 5 rings (SSSR count). The molecule has 0 bridgehead atoms. The Hall–Kier alpha value is -3.10. The predicted octanol–water partition coefficient (Wildman–Crippen LogP) is 2.29. The molecule has 1 aromatic heterocycles. The van der Waals surface area contributed by atoms with Crippen LogP contribution in [0.25, 0.3) is 11.6 Å². The van der Waals surface area contributed by atoms with Crippen LogP contribution in [0.3, 0.4) is 0 Å². The number of nitrogens with one attached hydrogen (secondary N) is 2. The first kappa shape index (κ1) is 18.9. The van der Waals surface area contributed by atoms with E-state index in [1.807, 2.05) is 30.5 Å². The first-order valence-corrected chi connectivity index (χ1v) is 10.2. The standard InChI is InChI=1S/C22H24N4O4/c27-21-18(12-20-16(3-4-23-20)14-25-5-8-29-9-6-25)17-11-15(1-2-19(17)24-21)13-26-7-10-30-22(26)28/h1-4,11-12,23H,5-10,13-14H2,(H,24,27)/b18-12-. The molecule has 30 heavy (non-hydrogen) atoms. The first-order valence-electron chi connectivity index (χ1n) is 10.2. The van der Waals surface area contributed by atoms with Crippen molar-refractivity contribution in [3.05, 3.63) is 52.8 Å². The number of aromatic amines is 1. The number of amides is 2. The number of nitrogens with zero attached hydrogens (tertiary/aromatic N) is 2. The van der Waals surface area contributed by atoms with E-state index in [9.17, 15) is 9.59 Å². The topological polar surface area (TPSA) is 86.9 Å². The van der Waals surface area contributed by atoms with Gasteiger partial charge in [-0.15, -0.1) is 0 Å². The monoisotopic (exact) mass is 408 g/mol. The summed E-state index contributed by atoms with van der Waals surface area (Å²) >= 11 is 0. The van der Waals surface area contributed by atoms with Gasteiger partial charge in [0.1, 0.15) is 6.61 Å². The van der Waals surface area contributed by atoms with Crippen LogP contribution in [0.5, 0.6) is 0 Å². The number of aromatic nitrogens is 1. The summed E-state index contributed by atoms with van der Waals surface area (Å²) in [6.45, 7) is 5.63. The fourth-order valence-corrected chi connectivity index (χ4v) is 4.10. The van der Waals surface area contributed by atoms with Crippen LogP contribution in [-0.4, -0.2) is 66.2 Å². The SMILES string of the molecule is O=C1Nc2ccc(CN3CCOC3=O)cc2/C1=C/c1[nH]ccc1CN1CCOCC1. The highest BCUT2D eigenvalue weighted by molar-refractivity contribution is 6.34. The highest BCUT2D eigenvalue weighted by atomic mass is 16.6. The molecule has 0 atom stereocenters. The lowest BCUT2D eigenvalue weighted by molar-refractivity contribution is -0.110. The Bertz CT molecular complexity index is 1010. The van der Waals surface area contributed by atoms with E-state index in [0.29, 0.717) is 25.3 Å². The number of fused-ring (bicyclic) bond motifs is 1. The highest BCUT2D eigenvalue weighted by Crippen LogP contribution is 2.34. The fraction of sp³-hybridized carbons (Fsp3) is 0.364. The molecular formula is C22H24N4O4. The van der Waals surface area contributed by atoms with Gasteiger partial charge >= 0.3 is 6.09 Å². The van der Waals surface area contributed by atoms with E-state index in [2.05, 4.69) is 21.3 Å². The zero-order valence-corrected chi connectivity index (χ0v) is 16.6. The van der Waals surface area contributed by atoms with Crippen molar-refractivity contribution < 1.29 is 19.1 Å². The molecule has 3 aliphatic rings. The van der Waals surface area contributed by atoms with E-state index in [4.69, 9.17) is 9.47 Å². The number of hydrogen-bond acceptors (Lipinski definition) is 5. The number of carbonyl (C=O) groups is 2. The van der Waals surface area contributed by atoms with Gasteiger partial charge in [-0.3, -0.25) is 9.69 Å². The molecule has 2 N–H and O–H groups in total. The predicted molar refractivity (Wildman–Crippen MR) is 112 cm³/mol. The van der Waals surface area contributed by atoms with Gasteiger partial charge in [-0.05, 0) is 35.4 Å². The van der Waals surface area contributed by atoms with Crippen LogP contribution in [-0.2, 0) is 27.4 Å². The average Bonchev–Trinajstić information content (AvgIpc) is 3.44. The van der Waals surface area contributed by atoms with E-state index in [-0.39, 0.29) is 12.0 Å². The number of anilines is 1. The maximum Gasteiger partial charge on any atom is 0.410 e. The molecule has 2 aromatic rings. The van der Waals surface area contributed by atoms with E-state index < -0.39 is 0 Å². The second-order valence-corrected chi connectivity index (χ2v) is 7.73. The highest BCUT2D eigenvalue weighted by Gasteiger charge is 2.27. The van der Waals surface area contributed by atoms with E-state index in [1.165, 1.54) is 0 Å². The van der Waals surface area contributed by atoms with Gasteiger partial charge in [0, 0.05) is 49.3 Å². The van der Waals surface area contributed by atoms with Crippen molar-refractivity contribution in [2.75, 3.05) is 44.8 Å². The Morgan fingerprint density at radius 3 is 2.70 bits per heavy atom. The van der Waals surface area contributed by atoms with Crippen LogP contribution < -0.4 is 5.32 Å². The molecule has 1 aromatic carbocycles. The van der Waals surface area contributed by atoms with Crippen LogP contribution in [0.1, 0.15) is 22.4 Å². The summed E-state index contributed by atoms with van der Waals surface area (Å²) in [7, 11) is 0. The minimum atomic E-state index is -0.292. The second kappa shape index (κ2) is 7.97. The number of carbonyl (C=O) groups excluding carboxylic acids is 2. The summed E-state index contributed by atoms with van der Waals surface area (Å²) in [5.41, 5.74) is 5.34. The number of ether oxygens (including phenoxy) is 2. The lowest BCUT2D eigenvalue weighted by Crippen LogP contribution is -2.35. The number of morpholine rings is 1. The maximum atomic E-state index is 12.7. The molecule has 8 heteroatoms. The summed E-state index contributed by atoms with van der Waals surface area (Å²) in [6.07, 6.45) is 3.54. The molecule has 4 heterocycles. The van der Waals surface area contributed by atoms with E-state index in [0.717, 1.165) is 60.9 Å². The molecule has 8 nitrogen and oxygen atoms in total. The quantitative estimate of drug-likeness (QED) is 0.742. The van der Waals surface area contributed by atoms with Crippen LogP contribution in [0.4, 0.5) is 10.5 Å². The summed E-state index contributed by atoms with van der Waals surface area (Å²) in [4.78, 5) is 31.7. The van der Waals surface area contributed by atoms with E-state index in [1.54, 1.807) is 4.90 Å². The number of H-pyrrole nitrogens is 1. The average molecular weight is 408 g/mol. The van der Waals surface area contributed by atoms with Crippen molar-refractivity contribution in [1.29, 1.82) is 0 Å². The third kappa shape index (κ3) is 3.71. The number of hydrogen-bond donors (Lipinski definition) is 2. The Morgan fingerprint density at radius 2 is 1.90 bits per heavy atom. The number of cyclic esters (lactones) is 1. The van der Waals surface area contributed by atoms with Gasteiger partial charge in [-0.2, -0.15) is 0 Å². The molecule has 156 valence electrons. The van der Waals surface area contributed by atoms with Gasteiger partial charge in [-0.25, -0.2) is 4.79 Å². The van der Waals surface area contributed by atoms with Crippen molar-refractivity contribution in [2.45, 2.75) is 13.1 Å². The van der Waals surface area contributed by atoms with E-state index >= 15 is 0 Å². The smallest absolute Gasteiger partial charge is 0.410 e. The Balaban J connectivity index is 1.40. The minimum Gasteiger partial charge on any atom is -0.448 e. The third-order valence-electron chi connectivity index (χ3n) is 5.74. The minimum absolute atomic E-state index is 0.116. The van der Waals surface area contributed by atoms with Gasteiger partial charge in [0.2, 0.25) is 0 Å². The summed E-state index contributed by atoms with van der Waals surface area (Å²) in [5.74, 6) is -0.116. The summed E-state index contributed by atoms with van der Waals surface area (Å²) in [6, 6.07) is 7.88.